The Hall–Kier alpha value is -3.96. The summed E-state index contributed by atoms with van der Waals surface area (Å²) in [5, 5.41) is 16.8. The second-order valence-corrected chi connectivity index (χ2v) is 11.2. The lowest BCUT2D eigenvalue weighted by molar-refractivity contribution is -0.136. The molecule has 4 heterocycles. The molecule has 1 saturated carbocycles. The van der Waals surface area contributed by atoms with E-state index in [0.29, 0.717) is 43.4 Å². The highest BCUT2D eigenvalue weighted by Gasteiger charge is 2.39. The smallest absolute Gasteiger partial charge is 0.251 e. The molecule has 0 spiro atoms. The van der Waals surface area contributed by atoms with Gasteiger partial charge in [0.1, 0.15) is 18.2 Å². The summed E-state index contributed by atoms with van der Waals surface area (Å²) in [4.78, 5) is 37.2. The maximum atomic E-state index is 12.8. The number of benzene rings is 1. The largest absolute Gasteiger partial charge is 0.485 e. The van der Waals surface area contributed by atoms with E-state index in [1.807, 2.05) is 11.0 Å². The number of hydrogen-bond donors (Lipinski definition) is 3. The zero-order chi connectivity index (χ0) is 28.3. The van der Waals surface area contributed by atoms with E-state index in [2.05, 4.69) is 38.5 Å². The molecular weight excluding hydrogens is 524 g/mol. The number of fused-ring (bicyclic) bond motifs is 1. The first-order valence-corrected chi connectivity index (χ1v) is 14.2. The van der Waals surface area contributed by atoms with Crippen LogP contribution in [0.1, 0.15) is 45.7 Å². The van der Waals surface area contributed by atoms with Gasteiger partial charge in [-0.05, 0) is 61.1 Å². The van der Waals surface area contributed by atoms with E-state index in [4.69, 9.17) is 9.15 Å². The Bertz CT molecular complexity index is 1390. The summed E-state index contributed by atoms with van der Waals surface area (Å²) in [6.45, 7) is 5.90. The molecule has 11 heteroatoms. The second-order valence-electron chi connectivity index (χ2n) is 11.2. The van der Waals surface area contributed by atoms with Crippen LogP contribution < -0.4 is 15.4 Å². The van der Waals surface area contributed by atoms with E-state index in [0.717, 1.165) is 43.7 Å². The number of oxazole rings is 1. The number of nitrogens with one attached hydrogen (secondary N) is 2. The third kappa shape index (κ3) is 6.52. The lowest BCUT2D eigenvalue weighted by Crippen LogP contribution is -2.57. The molecule has 1 aliphatic carbocycles. The fourth-order valence-electron chi connectivity index (χ4n) is 5.53. The van der Waals surface area contributed by atoms with Crippen LogP contribution >= 0.6 is 0 Å². The van der Waals surface area contributed by atoms with Gasteiger partial charge in [0.05, 0.1) is 18.3 Å². The van der Waals surface area contributed by atoms with E-state index in [1.54, 1.807) is 24.5 Å². The van der Waals surface area contributed by atoms with E-state index in [1.165, 1.54) is 17.5 Å². The SMILES string of the molecule is Cc1c(OCc2cnco2)ccc2c1CCN(CC(O)CNC(=O)c1ccnc(NC3CN(C(=O)C4CC4)C3)c1)C2. The van der Waals surface area contributed by atoms with Crippen molar-refractivity contribution in [2.45, 2.75) is 51.5 Å². The molecule has 2 amide bonds. The minimum atomic E-state index is -0.699. The number of carbonyl (C=O) groups excluding carboxylic acids is 2. The fourth-order valence-corrected chi connectivity index (χ4v) is 5.53. The van der Waals surface area contributed by atoms with Gasteiger partial charge in [0.15, 0.2) is 12.2 Å². The van der Waals surface area contributed by atoms with Crippen LogP contribution in [0, 0.1) is 12.8 Å². The van der Waals surface area contributed by atoms with Crippen molar-refractivity contribution < 1.29 is 23.8 Å². The predicted octanol–water partition coefficient (Wildman–Crippen LogP) is 2.14. The number of aromatic nitrogens is 2. The van der Waals surface area contributed by atoms with Gasteiger partial charge in [0.25, 0.3) is 5.91 Å². The molecule has 41 heavy (non-hydrogen) atoms. The number of anilines is 1. The molecule has 216 valence electrons. The standard InChI is InChI=1S/C30H36N6O5/c1-19-26-7-9-35(13-22(26)4-5-27(19)40-17-25-12-31-18-41-25)16-24(37)11-33-29(38)21-6-8-32-28(10-21)34-23-14-36(15-23)30(39)20-2-3-20/h4-6,8,10,12,18,20,23-24,37H,2-3,7,9,11,13-17H2,1H3,(H,32,34)(H,33,38). The Labute approximate surface area is 238 Å². The Balaban J connectivity index is 0.947. The fraction of sp³-hybridized carbons (Fsp3) is 0.467. The number of likely N-dealkylation sites (tertiary alicyclic amines) is 1. The molecule has 2 fully saturated rings. The van der Waals surface area contributed by atoms with Gasteiger partial charge in [-0.25, -0.2) is 9.97 Å². The molecule has 2 aliphatic heterocycles. The molecule has 0 radical (unpaired) electrons. The van der Waals surface area contributed by atoms with Crippen molar-refractivity contribution in [2.24, 2.45) is 5.92 Å². The maximum absolute atomic E-state index is 12.8. The number of rotatable bonds is 11. The topological polar surface area (TPSA) is 133 Å². The zero-order valence-electron chi connectivity index (χ0n) is 23.2. The summed E-state index contributed by atoms with van der Waals surface area (Å²) in [5.41, 5.74) is 4.11. The quantitative estimate of drug-likeness (QED) is 0.323. The first-order valence-electron chi connectivity index (χ1n) is 14.2. The number of pyridine rings is 1. The van der Waals surface area contributed by atoms with Crippen molar-refractivity contribution in [1.82, 2.24) is 25.1 Å². The van der Waals surface area contributed by atoms with Crippen LogP contribution in [-0.2, 0) is 24.4 Å². The van der Waals surface area contributed by atoms with Crippen LogP contribution in [0.4, 0.5) is 5.82 Å². The number of ether oxygens (including phenoxy) is 1. The number of hydrogen-bond acceptors (Lipinski definition) is 9. The Kier molecular flexibility index (Phi) is 7.89. The van der Waals surface area contributed by atoms with Crippen LogP contribution in [0.25, 0.3) is 0 Å². The maximum Gasteiger partial charge on any atom is 0.251 e. The molecule has 1 aromatic carbocycles. The second kappa shape index (κ2) is 11.9. The third-order valence-electron chi connectivity index (χ3n) is 8.03. The number of β-amino-alcohol motifs (C(OH)–C–C–N with tert-alkyl or cyclic N) is 1. The minimum Gasteiger partial charge on any atom is -0.485 e. The Morgan fingerprint density at radius 2 is 2.10 bits per heavy atom. The Morgan fingerprint density at radius 3 is 2.88 bits per heavy atom. The average molecular weight is 561 g/mol. The van der Waals surface area contributed by atoms with Gasteiger partial charge >= 0.3 is 0 Å². The molecule has 1 saturated heterocycles. The molecule has 1 unspecified atom stereocenters. The predicted molar refractivity (Wildman–Crippen MR) is 150 cm³/mol. The Morgan fingerprint density at radius 1 is 1.24 bits per heavy atom. The van der Waals surface area contributed by atoms with Crippen LogP contribution in [0.3, 0.4) is 0 Å². The third-order valence-corrected chi connectivity index (χ3v) is 8.03. The van der Waals surface area contributed by atoms with E-state index in [-0.39, 0.29) is 30.3 Å². The number of carbonyl (C=O) groups is 2. The van der Waals surface area contributed by atoms with Gasteiger partial charge in [-0.15, -0.1) is 0 Å². The van der Waals surface area contributed by atoms with Crippen molar-refractivity contribution in [3.05, 3.63) is 71.1 Å². The molecule has 3 aliphatic rings. The summed E-state index contributed by atoms with van der Waals surface area (Å²) in [5.74, 6) is 2.35. The van der Waals surface area contributed by atoms with E-state index in [9.17, 15) is 14.7 Å². The molecule has 1 atom stereocenters. The summed E-state index contributed by atoms with van der Waals surface area (Å²) in [7, 11) is 0. The number of nitrogens with zero attached hydrogens (tertiary/aromatic N) is 4. The first-order chi connectivity index (χ1) is 19.9. The molecule has 2 aromatic heterocycles. The number of amides is 2. The lowest BCUT2D eigenvalue weighted by Gasteiger charge is -2.40. The highest BCUT2D eigenvalue weighted by Crippen LogP contribution is 2.33. The van der Waals surface area contributed by atoms with Crippen LogP contribution in [0.15, 0.2) is 47.5 Å². The van der Waals surface area contributed by atoms with Gasteiger partial charge in [-0.1, -0.05) is 6.07 Å². The molecule has 3 aromatic rings. The van der Waals surface area contributed by atoms with Gasteiger partial charge in [-0.3, -0.25) is 14.5 Å². The minimum absolute atomic E-state index is 0.141. The molecule has 3 N–H and O–H groups in total. The van der Waals surface area contributed by atoms with Crippen molar-refractivity contribution in [2.75, 3.05) is 38.0 Å². The highest BCUT2D eigenvalue weighted by atomic mass is 16.5. The van der Waals surface area contributed by atoms with Crippen molar-refractivity contribution >= 4 is 17.6 Å². The normalized spacial score (nSPS) is 17.9. The zero-order valence-corrected chi connectivity index (χ0v) is 23.2. The monoisotopic (exact) mass is 560 g/mol. The molecule has 0 bridgehead atoms. The average Bonchev–Trinajstić information content (AvgIpc) is 3.68. The van der Waals surface area contributed by atoms with Crippen molar-refractivity contribution in [3.63, 3.8) is 0 Å². The van der Waals surface area contributed by atoms with Crippen molar-refractivity contribution in [1.29, 1.82) is 0 Å². The van der Waals surface area contributed by atoms with Crippen molar-refractivity contribution in [3.8, 4) is 5.75 Å². The van der Waals surface area contributed by atoms with Crippen LogP contribution in [-0.4, -0.2) is 81.6 Å². The lowest BCUT2D eigenvalue weighted by atomic mass is 9.94. The van der Waals surface area contributed by atoms with Gasteiger partial charge in [-0.2, -0.15) is 0 Å². The van der Waals surface area contributed by atoms with Crippen LogP contribution in [0.2, 0.25) is 0 Å². The number of aliphatic hydroxyl groups is 1. The molecule has 11 nitrogen and oxygen atoms in total. The van der Waals surface area contributed by atoms with E-state index >= 15 is 0 Å². The highest BCUT2D eigenvalue weighted by molar-refractivity contribution is 5.94. The molecule has 6 rings (SSSR count). The van der Waals surface area contributed by atoms with Gasteiger partial charge in [0, 0.05) is 56.9 Å². The number of aliphatic hydroxyl groups excluding tert-OH is 1. The summed E-state index contributed by atoms with van der Waals surface area (Å²) in [6, 6.07) is 7.57. The summed E-state index contributed by atoms with van der Waals surface area (Å²) >= 11 is 0. The summed E-state index contributed by atoms with van der Waals surface area (Å²) < 4.78 is 11.2. The molecular formula is C30H36N6O5. The van der Waals surface area contributed by atoms with Crippen LogP contribution in [0.5, 0.6) is 5.75 Å². The summed E-state index contributed by atoms with van der Waals surface area (Å²) in [6.07, 6.45) is 6.82. The van der Waals surface area contributed by atoms with Gasteiger partial charge < -0.3 is 29.8 Å². The first kappa shape index (κ1) is 27.2. The van der Waals surface area contributed by atoms with E-state index < -0.39 is 6.10 Å². The van der Waals surface area contributed by atoms with Gasteiger partial charge in [0.2, 0.25) is 5.91 Å².